The van der Waals surface area contributed by atoms with Gasteiger partial charge < -0.3 is 15.4 Å². The molecule has 0 aliphatic carbocycles. The smallest absolute Gasteiger partial charge is 0.413 e. The molecule has 0 fully saturated rings. The molecule has 1 aromatic carbocycles. The van der Waals surface area contributed by atoms with Crippen LogP contribution < -0.4 is 10.7 Å². The van der Waals surface area contributed by atoms with Crippen LogP contribution in [-0.4, -0.2) is 24.2 Å². The predicted octanol–water partition coefficient (Wildman–Crippen LogP) is -0.701. The van der Waals surface area contributed by atoms with Crippen LogP contribution in [0.15, 0.2) is 24.3 Å². The summed E-state index contributed by atoms with van der Waals surface area (Å²) in [6, 6.07) is 6.50. The van der Waals surface area contributed by atoms with Gasteiger partial charge in [-0.3, -0.25) is 0 Å². The topological polar surface area (TPSA) is 52.5 Å². The minimum atomic E-state index is -0.706. The second-order valence-corrected chi connectivity index (χ2v) is 2.29. The van der Waals surface area contributed by atoms with E-state index in [2.05, 4.69) is 5.23 Å². The molecule has 58 valence electrons. The highest BCUT2D eigenvalue weighted by molar-refractivity contribution is 6.63. The Morgan fingerprint density at radius 1 is 1.45 bits per heavy atom. The van der Waals surface area contributed by atoms with Crippen LogP contribution in [0.25, 0.3) is 0 Å². The van der Waals surface area contributed by atoms with Gasteiger partial charge >= 0.3 is 7.05 Å². The van der Waals surface area contributed by atoms with E-state index in [1.807, 2.05) is 0 Å². The van der Waals surface area contributed by atoms with Crippen LogP contribution in [0.2, 0.25) is 0 Å². The number of rotatable bonds is 2. The van der Waals surface area contributed by atoms with E-state index in [4.69, 9.17) is 5.11 Å². The Balaban J connectivity index is 2.86. The Hall–Kier alpha value is -0.995. The molecule has 0 aliphatic heterocycles. The second kappa shape index (κ2) is 3.41. The molecule has 4 heteroatoms. The summed E-state index contributed by atoms with van der Waals surface area (Å²) in [6.45, 7) is 0. The van der Waals surface area contributed by atoms with Gasteiger partial charge in [-0.1, -0.05) is 12.1 Å². The lowest BCUT2D eigenvalue weighted by atomic mass is 9.74. The second-order valence-electron chi connectivity index (χ2n) is 2.29. The molecule has 0 amide bonds. The summed E-state index contributed by atoms with van der Waals surface area (Å²) in [7, 11) is 0.941. The Labute approximate surface area is 65.8 Å². The van der Waals surface area contributed by atoms with Crippen molar-refractivity contribution in [1.29, 1.82) is 0 Å². The highest BCUT2D eigenvalue weighted by Crippen LogP contribution is 2.02. The molecule has 0 aromatic heterocycles. The summed E-state index contributed by atoms with van der Waals surface area (Å²) in [6.07, 6.45) is 0. The fraction of sp³-hybridized carbons (Fsp3) is 0.143. The molecule has 11 heavy (non-hydrogen) atoms. The van der Waals surface area contributed by atoms with Crippen molar-refractivity contribution < 1.29 is 10.1 Å². The maximum Gasteiger partial charge on any atom is 0.413 e. The van der Waals surface area contributed by atoms with Gasteiger partial charge in [0.25, 0.3) is 0 Å². The average Bonchev–Trinajstić information content (AvgIpc) is 2.03. The molecule has 0 atom stereocenters. The zero-order chi connectivity index (χ0) is 8.27. The zero-order valence-electron chi connectivity index (χ0n) is 6.28. The molecule has 3 nitrogen and oxygen atoms in total. The van der Waals surface area contributed by atoms with Gasteiger partial charge in [-0.2, -0.15) is 0 Å². The Morgan fingerprint density at radius 3 is 2.73 bits per heavy atom. The summed E-state index contributed by atoms with van der Waals surface area (Å²) >= 11 is 0. The van der Waals surface area contributed by atoms with Gasteiger partial charge in [0.1, 0.15) is 5.75 Å². The molecule has 3 N–H and O–H groups in total. The van der Waals surface area contributed by atoms with Crippen molar-refractivity contribution in [2.24, 2.45) is 0 Å². The van der Waals surface area contributed by atoms with Crippen LogP contribution in [-0.2, 0) is 0 Å². The van der Waals surface area contributed by atoms with Crippen LogP contribution in [0, 0.1) is 0 Å². The van der Waals surface area contributed by atoms with Crippen molar-refractivity contribution in [2.75, 3.05) is 7.05 Å². The third-order valence-corrected chi connectivity index (χ3v) is 1.46. The summed E-state index contributed by atoms with van der Waals surface area (Å²) in [5, 5.41) is 20.9. The number of phenolic OH excluding ortho intramolecular Hbond substituents is 1. The first-order chi connectivity index (χ1) is 5.24. The molecule has 0 saturated carbocycles. The lowest BCUT2D eigenvalue weighted by molar-refractivity contribution is 0.475. The summed E-state index contributed by atoms with van der Waals surface area (Å²) in [4.78, 5) is 0. The van der Waals surface area contributed by atoms with Gasteiger partial charge in [-0.25, -0.2) is 0 Å². The van der Waals surface area contributed by atoms with Crippen LogP contribution in [0.5, 0.6) is 5.75 Å². The minimum Gasteiger partial charge on any atom is -0.508 e. The summed E-state index contributed by atoms with van der Waals surface area (Å²) in [5.41, 5.74) is 0.660. The molecule has 0 radical (unpaired) electrons. The van der Waals surface area contributed by atoms with E-state index in [-0.39, 0.29) is 5.75 Å². The average molecular weight is 151 g/mol. The van der Waals surface area contributed by atoms with Crippen LogP contribution in [0.1, 0.15) is 0 Å². The third-order valence-electron chi connectivity index (χ3n) is 1.46. The lowest BCUT2D eigenvalue weighted by Gasteiger charge is -2.03. The highest BCUT2D eigenvalue weighted by Gasteiger charge is 2.10. The molecular weight excluding hydrogens is 141 g/mol. The van der Waals surface area contributed by atoms with E-state index in [0.29, 0.717) is 5.46 Å². The minimum absolute atomic E-state index is 0.164. The summed E-state index contributed by atoms with van der Waals surface area (Å²) < 4.78 is 0. The lowest BCUT2D eigenvalue weighted by Crippen LogP contribution is -2.42. The van der Waals surface area contributed by atoms with Crippen molar-refractivity contribution in [3.8, 4) is 5.75 Å². The molecule has 1 aromatic rings. The molecule has 1 rings (SSSR count). The van der Waals surface area contributed by atoms with Gasteiger partial charge in [0.2, 0.25) is 0 Å². The number of hydrogen-bond acceptors (Lipinski definition) is 3. The molecule has 0 heterocycles. The molecule has 0 aliphatic rings. The SMILES string of the molecule is CNB(O)c1cccc(O)c1. The zero-order valence-corrected chi connectivity index (χ0v) is 6.28. The quantitative estimate of drug-likeness (QED) is 0.490. The molecule has 0 unspecified atom stereocenters. The molecular formula is C7H10BNO2. The normalized spacial score (nSPS) is 9.64. The van der Waals surface area contributed by atoms with E-state index in [1.54, 1.807) is 25.2 Å². The van der Waals surface area contributed by atoms with E-state index < -0.39 is 7.05 Å². The van der Waals surface area contributed by atoms with Crippen molar-refractivity contribution >= 4 is 12.5 Å². The van der Waals surface area contributed by atoms with Crippen molar-refractivity contribution in [3.63, 3.8) is 0 Å². The van der Waals surface area contributed by atoms with Crippen molar-refractivity contribution in [1.82, 2.24) is 5.23 Å². The first-order valence-electron chi connectivity index (χ1n) is 3.38. The van der Waals surface area contributed by atoms with Crippen LogP contribution >= 0.6 is 0 Å². The molecule has 0 saturated heterocycles. The maximum absolute atomic E-state index is 9.23. The van der Waals surface area contributed by atoms with Crippen LogP contribution in [0.4, 0.5) is 0 Å². The van der Waals surface area contributed by atoms with E-state index in [9.17, 15) is 5.02 Å². The third kappa shape index (κ3) is 1.96. The number of benzene rings is 1. The van der Waals surface area contributed by atoms with Crippen molar-refractivity contribution in [2.45, 2.75) is 0 Å². The monoisotopic (exact) mass is 151 g/mol. The summed E-state index contributed by atoms with van der Waals surface area (Å²) in [5.74, 6) is 0.164. The van der Waals surface area contributed by atoms with Gasteiger partial charge in [-0.05, 0) is 24.6 Å². The van der Waals surface area contributed by atoms with Crippen molar-refractivity contribution in [3.05, 3.63) is 24.3 Å². The number of aromatic hydroxyl groups is 1. The fourth-order valence-electron chi connectivity index (χ4n) is 0.862. The van der Waals surface area contributed by atoms with Gasteiger partial charge in [-0.15, -0.1) is 0 Å². The highest BCUT2D eigenvalue weighted by atomic mass is 16.3. The number of hydrogen-bond donors (Lipinski definition) is 3. The van der Waals surface area contributed by atoms with Gasteiger partial charge in [0.05, 0.1) is 0 Å². The largest absolute Gasteiger partial charge is 0.508 e. The molecule has 0 spiro atoms. The van der Waals surface area contributed by atoms with E-state index in [0.717, 1.165) is 0 Å². The number of phenols is 1. The Morgan fingerprint density at radius 2 is 2.18 bits per heavy atom. The fourth-order valence-corrected chi connectivity index (χ4v) is 0.862. The first kappa shape index (κ1) is 8.10. The van der Waals surface area contributed by atoms with E-state index >= 15 is 0 Å². The molecule has 0 bridgehead atoms. The van der Waals surface area contributed by atoms with Crippen LogP contribution in [0.3, 0.4) is 0 Å². The Bertz CT molecular complexity index is 242. The van der Waals surface area contributed by atoms with Gasteiger partial charge in [0.15, 0.2) is 0 Å². The predicted molar refractivity (Wildman–Crippen MR) is 44.8 cm³/mol. The maximum atomic E-state index is 9.23. The number of nitrogens with one attached hydrogen (secondary N) is 1. The van der Waals surface area contributed by atoms with E-state index in [1.165, 1.54) is 6.07 Å². The first-order valence-corrected chi connectivity index (χ1v) is 3.38. The standard InChI is InChI=1S/C7H10BNO2/c1-9-8(11)6-3-2-4-7(10)5-6/h2-5,9-11H,1H3. The van der Waals surface area contributed by atoms with Gasteiger partial charge in [0, 0.05) is 0 Å². The Kier molecular flexibility index (Phi) is 2.51.